The van der Waals surface area contributed by atoms with Crippen LogP contribution in [0.15, 0.2) is 47.4 Å². The van der Waals surface area contributed by atoms with Crippen molar-refractivity contribution in [2.24, 2.45) is 25.9 Å². The van der Waals surface area contributed by atoms with Gasteiger partial charge in [-0.2, -0.15) is 10.1 Å². The van der Waals surface area contributed by atoms with E-state index in [2.05, 4.69) is 48.6 Å². The first kappa shape index (κ1) is 40.5. The zero-order valence-electron chi connectivity index (χ0n) is 35.0. The first-order chi connectivity index (χ1) is 29.8. The Kier molecular flexibility index (Phi) is 10.2. The van der Waals surface area contributed by atoms with Crippen LogP contribution in [0.25, 0.3) is 21.8 Å². The van der Waals surface area contributed by atoms with E-state index < -0.39 is 30.0 Å². The lowest BCUT2D eigenvalue weighted by Crippen LogP contribution is -2.54. The van der Waals surface area contributed by atoms with Crippen LogP contribution in [0.3, 0.4) is 0 Å². The van der Waals surface area contributed by atoms with E-state index in [1.54, 1.807) is 25.4 Å². The number of anilines is 5. The highest BCUT2D eigenvalue weighted by Gasteiger charge is 2.51. The number of imide groups is 1. The molecule has 4 aliphatic heterocycles. The third-order valence-electron chi connectivity index (χ3n) is 13.5. The summed E-state index contributed by atoms with van der Waals surface area (Å²) in [6.45, 7) is 6.64. The number of pyridine rings is 1. The SMILES string of the molecule is C[C@H]1CN(CC2CCN(c3cccc4c(C5CCC(=O)NC5=O)nn(C)c34)CC2)CCN1c1ncc(Cl)c(Nc2ccc3c(c2)c2c(c(=O)n3C)OCC(F)(F)[C@H](C3CC3)N2)n1. The van der Waals surface area contributed by atoms with Gasteiger partial charge in [0.15, 0.2) is 12.4 Å². The highest BCUT2D eigenvalue weighted by atomic mass is 35.5. The van der Waals surface area contributed by atoms with Crippen LogP contribution in [-0.2, 0) is 23.7 Å². The smallest absolute Gasteiger partial charge is 0.301 e. The average Bonchev–Trinajstić information content (AvgIpc) is 4.05. The fourth-order valence-electron chi connectivity index (χ4n) is 10.0. The van der Waals surface area contributed by atoms with Crippen molar-refractivity contribution in [1.29, 1.82) is 0 Å². The number of ether oxygens (including phenoxy) is 1. The summed E-state index contributed by atoms with van der Waals surface area (Å²) in [6, 6.07) is 10.6. The lowest BCUT2D eigenvalue weighted by Gasteiger charge is -2.42. The molecule has 3 N–H and O–H groups in total. The quantitative estimate of drug-likeness (QED) is 0.162. The number of aromatic nitrogens is 5. The van der Waals surface area contributed by atoms with Crippen molar-refractivity contribution in [2.75, 3.05) is 66.3 Å². The molecule has 0 radical (unpaired) electrons. The van der Waals surface area contributed by atoms with E-state index in [4.69, 9.17) is 26.4 Å². The topological polar surface area (TPSA) is 155 Å². The van der Waals surface area contributed by atoms with Crippen molar-refractivity contribution in [3.05, 3.63) is 63.7 Å². The summed E-state index contributed by atoms with van der Waals surface area (Å²) in [4.78, 5) is 54.5. The first-order valence-corrected chi connectivity index (χ1v) is 22.0. The molecule has 7 heterocycles. The Morgan fingerprint density at radius 3 is 2.56 bits per heavy atom. The zero-order valence-corrected chi connectivity index (χ0v) is 35.7. The largest absolute Gasteiger partial charge is 0.480 e. The Bertz CT molecular complexity index is 2660. The first-order valence-electron chi connectivity index (χ1n) is 21.6. The second-order valence-electron chi connectivity index (χ2n) is 17.7. The maximum absolute atomic E-state index is 15.2. The lowest BCUT2D eigenvalue weighted by molar-refractivity contribution is -0.134. The van der Waals surface area contributed by atoms with Gasteiger partial charge in [-0.1, -0.05) is 23.7 Å². The number of aryl methyl sites for hydroxylation is 2. The van der Waals surface area contributed by atoms with Crippen LogP contribution < -0.4 is 36.0 Å². The molecule has 15 nitrogen and oxygen atoms in total. The average molecular weight is 870 g/mol. The number of carbonyl (C=O) groups excluding carboxylic acids is 2. The monoisotopic (exact) mass is 869 g/mol. The standard InChI is InChI=1S/C44H50ClF2N11O4/c1-24-21-56(22-25-13-15-57(16-14-25)33-6-4-5-28-35(53-55(3)37(28)33)29-10-12-34(59)50-41(29)60)17-18-58(24)43-48-20-31(45)40(52-43)49-27-9-11-32-30(19-27)36-38(42(61)54(32)2)62-23-44(46,47)39(51-36)26-7-8-26/h4-6,9,11,19-20,24-26,29,39,51H,7-8,10,12-18,21-23H2,1-3H3,(H,48,49,52)(H,50,59,60)/t24-,29?,39-/m0/s1. The summed E-state index contributed by atoms with van der Waals surface area (Å²) in [5.41, 5.74) is 3.86. The summed E-state index contributed by atoms with van der Waals surface area (Å²) in [6.07, 6.45) is 5.89. The van der Waals surface area contributed by atoms with E-state index in [1.165, 1.54) is 4.57 Å². The van der Waals surface area contributed by atoms with Gasteiger partial charge in [0.25, 0.3) is 5.56 Å². The Labute approximate surface area is 361 Å². The molecule has 2 aromatic carbocycles. The number of benzene rings is 2. The molecule has 1 saturated carbocycles. The van der Waals surface area contributed by atoms with Crippen LogP contribution >= 0.6 is 11.6 Å². The zero-order chi connectivity index (χ0) is 43.0. The number of piperidine rings is 2. The summed E-state index contributed by atoms with van der Waals surface area (Å²) >= 11 is 6.67. The Morgan fingerprint density at radius 2 is 1.81 bits per heavy atom. The van der Waals surface area contributed by atoms with Gasteiger partial charge in [0.05, 0.1) is 46.3 Å². The van der Waals surface area contributed by atoms with E-state index >= 15 is 8.78 Å². The maximum Gasteiger partial charge on any atom is 0.301 e. The van der Waals surface area contributed by atoms with E-state index in [-0.39, 0.29) is 35.2 Å². The van der Waals surface area contributed by atoms with Gasteiger partial charge in [-0.3, -0.25) is 29.3 Å². The number of halogens is 3. The van der Waals surface area contributed by atoms with E-state index in [0.717, 1.165) is 74.4 Å². The highest BCUT2D eigenvalue weighted by molar-refractivity contribution is 6.33. The predicted molar refractivity (Wildman–Crippen MR) is 234 cm³/mol. The molecule has 3 atom stereocenters. The minimum atomic E-state index is -3.13. The molecule has 18 heteroatoms. The van der Waals surface area contributed by atoms with Crippen LogP contribution in [0.4, 0.5) is 37.6 Å². The molecule has 3 aromatic heterocycles. The molecule has 326 valence electrons. The van der Waals surface area contributed by atoms with E-state index in [1.807, 2.05) is 29.9 Å². The summed E-state index contributed by atoms with van der Waals surface area (Å²) < 4.78 is 39.2. The molecule has 4 fully saturated rings. The molecule has 2 amide bonds. The van der Waals surface area contributed by atoms with Crippen molar-refractivity contribution in [3.8, 4) is 5.75 Å². The number of fused-ring (bicyclic) bond motifs is 4. The number of nitrogens with zero attached hydrogens (tertiary/aromatic N) is 8. The van der Waals surface area contributed by atoms with Gasteiger partial charge in [0.2, 0.25) is 23.5 Å². The Morgan fingerprint density at radius 1 is 1.00 bits per heavy atom. The number of hydrogen-bond acceptors (Lipinski definition) is 12. The third-order valence-corrected chi connectivity index (χ3v) is 13.8. The van der Waals surface area contributed by atoms with E-state index in [0.29, 0.717) is 65.0 Å². The number of rotatable bonds is 8. The fraction of sp³-hybridized carbons (Fsp3) is 0.500. The molecule has 0 bridgehead atoms. The van der Waals surface area contributed by atoms with Crippen molar-refractivity contribution in [3.63, 3.8) is 0 Å². The minimum absolute atomic E-state index is 0.108. The molecule has 0 spiro atoms. The number of amides is 2. The van der Waals surface area contributed by atoms with Crippen molar-refractivity contribution in [2.45, 2.75) is 69.4 Å². The molecule has 5 aliphatic rings. The molecule has 10 rings (SSSR count). The molecule has 5 aromatic rings. The second-order valence-corrected chi connectivity index (χ2v) is 18.1. The molecule has 1 unspecified atom stereocenters. The highest BCUT2D eigenvalue weighted by Crippen LogP contribution is 2.46. The van der Waals surface area contributed by atoms with Crippen molar-refractivity contribution < 1.29 is 23.1 Å². The molecular weight excluding hydrogens is 820 g/mol. The van der Waals surface area contributed by atoms with Crippen LogP contribution in [0, 0.1) is 11.8 Å². The van der Waals surface area contributed by atoms with Crippen molar-refractivity contribution in [1.82, 2.24) is 34.5 Å². The number of para-hydroxylation sites is 1. The predicted octanol–water partition coefficient (Wildman–Crippen LogP) is 5.78. The van der Waals surface area contributed by atoms with Gasteiger partial charge in [0.1, 0.15) is 5.02 Å². The number of piperazine rings is 1. The van der Waals surface area contributed by atoms with Gasteiger partial charge >= 0.3 is 5.92 Å². The number of carbonyl (C=O) groups is 2. The second kappa shape index (κ2) is 15.7. The molecule has 1 aliphatic carbocycles. The molecular formula is C44H50ClF2N11O4. The van der Waals surface area contributed by atoms with Crippen LogP contribution in [0.2, 0.25) is 5.02 Å². The van der Waals surface area contributed by atoms with E-state index in [9.17, 15) is 14.4 Å². The van der Waals surface area contributed by atoms with Gasteiger partial charge in [0, 0.05) is 82.3 Å². The number of alkyl halides is 2. The van der Waals surface area contributed by atoms with Gasteiger partial charge in [-0.25, -0.2) is 13.8 Å². The fourth-order valence-corrected chi connectivity index (χ4v) is 10.2. The third kappa shape index (κ3) is 7.35. The minimum Gasteiger partial charge on any atom is -0.480 e. The molecule has 62 heavy (non-hydrogen) atoms. The van der Waals surface area contributed by atoms with Crippen molar-refractivity contribution >= 4 is 74.0 Å². The Balaban J connectivity index is 0.791. The van der Waals surface area contributed by atoms with Crippen LogP contribution in [0.5, 0.6) is 5.75 Å². The maximum atomic E-state index is 15.2. The number of nitrogens with one attached hydrogen (secondary N) is 3. The van der Waals surface area contributed by atoms with Crippen LogP contribution in [-0.4, -0.2) is 105 Å². The summed E-state index contributed by atoms with van der Waals surface area (Å²) in [5, 5.41) is 15.5. The lowest BCUT2D eigenvalue weighted by atomic mass is 9.92. The van der Waals surface area contributed by atoms with Gasteiger partial charge in [-0.15, -0.1) is 0 Å². The summed E-state index contributed by atoms with van der Waals surface area (Å²) in [7, 11) is 3.53. The van der Waals surface area contributed by atoms with Crippen LogP contribution in [0.1, 0.15) is 57.1 Å². The number of hydrogen-bond donors (Lipinski definition) is 3. The van der Waals surface area contributed by atoms with Gasteiger partial charge < -0.3 is 29.7 Å². The van der Waals surface area contributed by atoms with Gasteiger partial charge in [-0.05, 0) is 75.1 Å². The molecule has 3 saturated heterocycles. The summed E-state index contributed by atoms with van der Waals surface area (Å²) in [5.74, 6) is -2.85. The Hall–Kier alpha value is -5.55. The normalized spacial score (nSPS) is 23.5.